The summed E-state index contributed by atoms with van der Waals surface area (Å²) in [7, 11) is 4.57. The van der Waals surface area contributed by atoms with Crippen molar-refractivity contribution in [3.8, 4) is 17.2 Å². The molecule has 0 unspecified atom stereocenters. The maximum absolute atomic E-state index is 12.8. The van der Waals surface area contributed by atoms with Crippen molar-refractivity contribution >= 4 is 33.7 Å². The summed E-state index contributed by atoms with van der Waals surface area (Å²) in [4.78, 5) is 17.6. The van der Waals surface area contributed by atoms with E-state index in [0.29, 0.717) is 22.8 Å². The molecule has 4 rings (SSSR count). The molecule has 0 saturated carbocycles. The van der Waals surface area contributed by atoms with Gasteiger partial charge in [0.2, 0.25) is 5.75 Å². The van der Waals surface area contributed by atoms with E-state index in [-0.39, 0.29) is 5.78 Å². The van der Waals surface area contributed by atoms with Gasteiger partial charge in [-0.25, -0.2) is 4.98 Å². The molecule has 0 amide bonds. The molecular weight excluding hydrogens is 378 g/mol. The van der Waals surface area contributed by atoms with Gasteiger partial charge in [0.1, 0.15) is 0 Å². The number of fused-ring (bicyclic) bond motifs is 2. The molecule has 0 aliphatic carbocycles. The lowest BCUT2D eigenvalue weighted by Gasteiger charge is -2.13. The van der Waals surface area contributed by atoms with E-state index < -0.39 is 0 Å². The fraction of sp³-hybridized carbons (Fsp3) is 0.120. The standard InChI is InChI=1S/C25H21NO4/c1-28-22-14-19(15-23(29-2)25(22)30-3)21(27)12-11-16-8-6-9-18-13-17-7-4-5-10-20(17)26-24(16)18/h4-15H,1-3H3/b12-11+. The highest BCUT2D eigenvalue weighted by Crippen LogP contribution is 2.38. The van der Waals surface area contributed by atoms with E-state index in [4.69, 9.17) is 19.2 Å². The Labute approximate surface area is 174 Å². The second-order valence-electron chi connectivity index (χ2n) is 6.71. The van der Waals surface area contributed by atoms with Gasteiger partial charge in [-0.05, 0) is 36.4 Å². The molecule has 0 atom stereocenters. The van der Waals surface area contributed by atoms with Crippen LogP contribution in [0.25, 0.3) is 27.9 Å². The van der Waals surface area contributed by atoms with Crippen molar-refractivity contribution in [3.63, 3.8) is 0 Å². The van der Waals surface area contributed by atoms with Crippen LogP contribution in [0.15, 0.2) is 66.7 Å². The molecule has 0 fully saturated rings. The molecule has 30 heavy (non-hydrogen) atoms. The number of hydrogen-bond donors (Lipinski definition) is 0. The number of hydrogen-bond acceptors (Lipinski definition) is 5. The summed E-state index contributed by atoms with van der Waals surface area (Å²) in [5.41, 5.74) is 3.09. The molecule has 5 nitrogen and oxygen atoms in total. The van der Waals surface area contributed by atoms with Gasteiger partial charge in [-0.3, -0.25) is 4.79 Å². The van der Waals surface area contributed by atoms with E-state index in [9.17, 15) is 4.79 Å². The number of carbonyl (C=O) groups excluding carboxylic acids is 1. The number of methoxy groups -OCH3 is 3. The maximum Gasteiger partial charge on any atom is 0.203 e. The van der Waals surface area contributed by atoms with Crippen LogP contribution >= 0.6 is 0 Å². The lowest BCUT2D eigenvalue weighted by molar-refractivity contribution is 0.104. The van der Waals surface area contributed by atoms with Crippen molar-refractivity contribution in [2.45, 2.75) is 0 Å². The van der Waals surface area contributed by atoms with Crippen molar-refractivity contribution < 1.29 is 19.0 Å². The third-order valence-electron chi connectivity index (χ3n) is 4.94. The molecule has 0 aliphatic rings. The van der Waals surface area contributed by atoms with E-state index in [1.807, 2.05) is 42.5 Å². The summed E-state index contributed by atoms with van der Waals surface area (Å²) in [6, 6.07) is 19.3. The van der Waals surface area contributed by atoms with Crippen molar-refractivity contribution in [3.05, 3.63) is 77.9 Å². The van der Waals surface area contributed by atoms with Crippen molar-refractivity contribution in [1.82, 2.24) is 4.98 Å². The van der Waals surface area contributed by atoms with Gasteiger partial charge >= 0.3 is 0 Å². The Morgan fingerprint density at radius 1 is 0.833 bits per heavy atom. The molecule has 5 heteroatoms. The Bertz CT molecular complexity index is 1250. The van der Waals surface area contributed by atoms with Crippen LogP contribution < -0.4 is 14.2 Å². The number of rotatable bonds is 6. The van der Waals surface area contributed by atoms with E-state index in [0.717, 1.165) is 27.4 Å². The number of nitrogens with zero attached hydrogens (tertiary/aromatic N) is 1. The maximum atomic E-state index is 12.8. The SMILES string of the molecule is COc1cc(C(=O)/C=C/c2cccc3cc4ccccc4nc23)cc(OC)c1OC. The molecule has 3 aromatic carbocycles. The number of allylic oxidation sites excluding steroid dienone is 1. The molecule has 0 N–H and O–H groups in total. The number of ether oxygens (including phenoxy) is 3. The van der Waals surface area contributed by atoms with Crippen molar-refractivity contribution in [1.29, 1.82) is 0 Å². The van der Waals surface area contributed by atoms with Crippen LogP contribution in [0.1, 0.15) is 15.9 Å². The lowest BCUT2D eigenvalue weighted by Crippen LogP contribution is -2.00. The Morgan fingerprint density at radius 2 is 1.53 bits per heavy atom. The topological polar surface area (TPSA) is 57.7 Å². The van der Waals surface area contributed by atoms with Crippen molar-refractivity contribution in [2.24, 2.45) is 0 Å². The number of para-hydroxylation sites is 2. The van der Waals surface area contributed by atoms with Crippen molar-refractivity contribution in [2.75, 3.05) is 21.3 Å². The number of aromatic nitrogens is 1. The third kappa shape index (κ3) is 3.57. The van der Waals surface area contributed by atoms with E-state index in [1.54, 1.807) is 18.2 Å². The molecule has 0 aliphatic heterocycles. The minimum Gasteiger partial charge on any atom is -0.493 e. The number of benzene rings is 3. The Balaban J connectivity index is 1.72. The molecule has 4 aromatic rings. The quantitative estimate of drug-likeness (QED) is 0.250. The first kappa shape index (κ1) is 19.5. The van der Waals surface area contributed by atoms with Crippen LogP contribution in [0.2, 0.25) is 0 Å². The van der Waals surface area contributed by atoms with Crippen LogP contribution in [0.4, 0.5) is 0 Å². The zero-order valence-electron chi connectivity index (χ0n) is 17.0. The van der Waals surface area contributed by atoms with Gasteiger partial charge in [-0.15, -0.1) is 0 Å². The first-order valence-corrected chi connectivity index (χ1v) is 9.45. The van der Waals surface area contributed by atoms with Crippen LogP contribution in [0.5, 0.6) is 17.2 Å². The predicted molar refractivity (Wildman–Crippen MR) is 119 cm³/mol. The zero-order chi connectivity index (χ0) is 21.1. The normalized spacial score (nSPS) is 11.2. The monoisotopic (exact) mass is 399 g/mol. The third-order valence-corrected chi connectivity index (χ3v) is 4.94. The Hall–Kier alpha value is -3.86. The molecule has 0 radical (unpaired) electrons. The number of pyridine rings is 1. The second-order valence-corrected chi connectivity index (χ2v) is 6.71. The second kappa shape index (κ2) is 8.25. The molecule has 1 heterocycles. The Morgan fingerprint density at radius 3 is 2.23 bits per heavy atom. The molecule has 150 valence electrons. The van der Waals surface area contributed by atoms with Gasteiger partial charge in [0.25, 0.3) is 0 Å². The first-order valence-electron chi connectivity index (χ1n) is 9.45. The van der Waals surface area contributed by atoms with Crippen LogP contribution in [-0.2, 0) is 0 Å². The number of ketones is 1. The summed E-state index contributed by atoms with van der Waals surface area (Å²) in [5.74, 6) is 1.15. The van der Waals surface area contributed by atoms with Gasteiger partial charge in [0, 0.05) is 21.9 Å². The summed E-state index contributed by atoms with van der Waals surface area (Å²) in [6.45, 7) is 0. The van der Waals surface area contributed by atoms with Gasteiger partial charge in [-0.1, -0.05) is 36.4 Å². The largest absolute Gasteiger partial charge is 0.493 e. The van der Waals surface area contributed by atoms with Crippen LogP contribution in [0.3, 0.4) is 0 Å². The van der Waals surface area contributed by atoms with Gasteiger partial charge in [-0.2, -0.15) is 0 Å². The van der Waals surface area contributed by atoms with Gasteiger partial charge in [0.15, 0.2) is 17.3 Å². The average molecular weight is 399 g/mol. The minimum absolute atomic E-state index is 0.174. The summed E-state index contributed by atoms with van der Waals surface area (Å²) < 4.78 is 16.0. The Kier molecular flexibility index (Phi) is 5.35. The minimum atomic E-state index is -0.174. The lowest BCUT2D eigenvalue weighted by atomic mass is 10.0. The predicted octanol–water partition coefficient (Wildman–Crippen LogP) is 5.31. The smallest absolute Gasteiger partial charge is 0.203 e. The number of carbonyl (C=O) groups is 1. The van der Waals surface area contributed by atoms with Crippen LogP contribution in [-0.4, -0.2) is 32.1 Å². The molecule has 0 saturated heterocycles. The molecular formula is C25H21NO4. The van der Waals surface area contributed by atoms with E-state index in [1.165, 1.54) is 27.4 Å². The zero-order valence-corrected chi connectivity index (χ0v) is 17.0. The molecule has 0 spiro atoms. The summed E-state index contributed by atoms with van der Waals surface area (Å²) in [6.07, 6.45) is 3.32. The summed E-state index contributed by atoms with van der Waals surface area (Å²) in [5, 5.41) is 2.11. The van der Waals surface area contributed by atoms with E-state index in [2.05, 4.69) is 6.07 Å². The van der Waals surface area contributed by atoms with Gasteiger partial charge < -0.3 is 14.2 Å². The van der Waals surface area contributed by atoms with Gasteiger partial charge in [0.05, 0.1) is 32.4 Å². The fourth-order valence-electron chi connectivity index (χ4n) is 3.44. The molecule has 0 bridgehead atoms. The highest BCUT2D eigenvalue weighted by atomic mass is 16.5. The first-order chi connectivity index (χ1) is 14.6. The fourth-order valence-corrected chi connectivity index (χ4v) is 3.44. The highest BCUT2D eigenvalue weighted by Gasteiger charge is 2.16. The average Bonchev–Trinajstić information content (AvgIpc) is 2.80. The van der Waals surface area contributed by atoms with Crippen LogP contribution in [0, 0.1) is 0 Å². The highest BCUT2D eigenvalue weighted by molar-refractivity contribution is 6.08. The van der Waals surface area contributed by atoms with E-state index >= 15 is 0 Å². The molecule has 1 aromatic heterocycles. The summed E-state index contributed by atoms with van der Waals surface area (Å²) >= 11 is 0.